The number of piperidine rings is 1. The van der Waals surface area contributed by atoms with E-state index in [1.165, 1.54) is 25.7 Å². The monoisotopic (exact) mass is 521 g/mol. The molecule has 1 saturated heterocycles. The van der Waals surface area contributed by atoms with Gasteiger partial charge in [-0.25, -0.2) is 4.98 Å². The normalized spacial score (nSPS) is 19.3. The Bertz CT molecular complexity index is 1160. The Morgan fingerprint density at radius 3 is 2.61 bits per heavy atom. The van der Waals surface area contributed by atoms with Crippen molar-refractivity contribution in [3.05, 3.63) is 30.0 Å². The van der Waals surface area contributed by atoms with Crippen LogP contribution in [-0.2, 0) is 4.79 Å². The number of rotatable bonds is 7. The molecule has 2 aromatic rings. The number of amides is 2. The molecule has 10 heteroatoms. The number of ether oxygens (including phenoxy) is 1. The van der Waals surface area contributed by atoms with Crippen molar-refractivity contribution in [1.82, 2.24) is 20.2 Å². The van der Waals surface area contributed by atoms with Crippen LogP contribution < -0.4 is 25.2 Å². The number of likely N-dealkylation sites (tertiary alicyclic amines) is 1. The van der Waals surface area contributed by atoms with E-state index < -0.39 is 0 Å². The molecule has 0 radical (unpaired) electrons. The van der Waals surface area contributed by atoms with Crippen molar-refractivity contribution in [1.29, 1.82) is 0 Å². The van der Waals surface area contributed by atoms with Crippen molar-refractivity contribution in [3.8, 4) is 5.75 Å². The fourth-order valence-electron chi connectivity index (χ4n) is 5.69. The zero-order valence-electron chi connectivity index (χ0n) is 22.7. The van der Waals surface area contributed by atoms with Gasteiger partial charge in [0.05, 0.1) is 19.0 Å². The molecule has 0 atom stereocenters. The van der Waals surface area contributed by atoms with Crippen LogP contribution in [0.4, 0.5) is 23.1 Å². The Kier molecular flexibility index (Phi) is 7.97. The molecular formula is C28H39N7O3. The van der Waals surface area contributed by atoms with E-state index in [0.29, 0.717) is 41.8 Å². The molecule has 0 bridgehead atoms. The van der Waals surface area contributed by atoms with Gasteiger partial charge in [-0.2, -0.15) is 4.98 Å². The number of fused-ring (bicyclic) bond motifs is 1. The minimum absolute atomic E-state index is 0.0697. The van der Waals surface area contributed by atoms with E-state index >= 15 is 0 Å². The topological polar surface area (TPSA) is 103 Å². The summed E-state index contributed by atoms with van der Waals surface area (Å²) in [5.41, 5.74) is 1.95. The van der Waals surface area contributed by atoms with Crippen molar-refractivity contribution >= 4 is 35.0 Å². The molecule has 1 saturated carbocycles. The minimum atomic E-state index is -0.0963. The van der Waals surface area contributed by atoms with Crippen LogP contribution >= 0.6 is 0 Å². The summed E-state index contributed by atoms with van der Waals surface area (Å²) in [5, 5.41) is 6.43. The molecule has 38 heavy (non-hydrogen) atoms. The zero-order chi connectivity index (χ0) is 26.6. The first-order valence-electron chi connectivity index (χ1n) is 13.7. The number of hydrogen-bond donors (Lipinski definition) is 2. The van der Waals surface area contributed by atoms with Crippen LogP contribution in [0, 0.1) is 5.92 Å². The average molecular weight is 522 g/mol. The first-order chi connectivity index (χ1) is 18.4. The second-order valence-corrected chi connectivity index (χ2v) is 10.8. The largest absolute Gasteiger partial charge is 0.495 e. The van der Waals surface area contributed by atoms with Gasteiger partial charge >= 0.3 is 0 Å². The maximum atomic E-state index is 12.9. The first kappa shape index (κ1) is 26.2. The molecule has 10 nitrogen and oxygen atoms in total. The molecular weight excluding hydrogens is 482 g/mol. The molecule has 2 N–H and O–H groups in total. The van der Waals surface area contributed by atoms with Crippen molar-refractivity contribution in [2.75, 3.05) is 62.5 Å². The van der Waals surface area contributed by atoms with Crippen molar-refractivity contribution in [3.63, 3.8) is 0 Å². The molecule has 1 aromatic heterocycles. The highest BCUT2D eigenvalue weighted by Crippen LogP contribution is 2.35. The Balaban J connectivity index is 1.34. The van der Waals surface area contributed by atoms with Gasteiger partial charge in [-0.15, -0.1) is 0 Å². The lowest BCUT2D eigenvalue weighted by molar-refractivity contribution is -0.118. The maximum Gasteiger partial charge on any atom is 0.251 e. The number of nitrogens with zero attached hydrogens (tertiary/aromatic N) is 5. The van der Waals surface area contributed by atoms with Gasteiger partial charge in [-0.1, -0.05) is 12.8 Å². The maximum absolute atomic E-state index is 12.9. The number of benzene rings is 1. The highest BCUT2D eigenvalue weighted by atomic mass is 16.5. The standard InChI is InChI=1S/C28H39N7O3/c1-33-13-10-21(11-14-33)30-27(37)20-8-9-22(24(16-20)38-3)31-28-29-17-23-26(32-28)35(15-12-25(36)34(23)2)18-19-6-4-5-7-19/h8-9,16-17,19,21H,4-7,10-15,18H2,1-3H3,(H,30,37)(H,29,31,32). The highest BCUT2D eigenvalue weighted by Gasteiger charge is 2.29. The van der Waals surface area contributed by atoms with Crippen LogP contribution in [-0.4, -0.2) is 80.1 Å². The Morgan fingerprint density at radius 2 is 1.87 bits per heavy atom. The molecule has 1 aromatic carbocycles. The third-order valence-corrected chi connectivity index (χ3v) is 8.10. The minimum Gasteiger partial charge on any atom is -0.495 e. The second-order valence-electron chi connectivity index (χ2n) is 10.8. The Labute approximate surface area is 224 Å². The SMILES string of the molecule is COc1cc(C(=O)NC2CCN(C)CC2)ccc1Nc1ncc2c(n1)N(CC1CCCC1)CCC(=O)N2C. The summed E-state index contributed by atoms with van der Waals surface area (Å²) in [6, 6.07) is 5.54. The van der Waals surface area contributed by atoms with Crippen LogP contribution in [0.2, 0.25) is 0 Å². The number of hydrogen-bond acceptors (Lipinski definition) is 8. The summed E-state index contributed by atoms with van der Waals surface area (Å²) in [6.45, 7) is 3.52. The molecule has 2 aliphatic heterocycles. The second kappa shape index (κ2) is 11.6. The molecule has 3 aliphatic rings. The van der Waals surface area contributed by atoms with E-state index in [9.17, 15) is 9.59 Å². The van der Waals surface area contributed by atoms with E-state index in [4.69, 9.17) is 9.72 Å². The fraction of sp³-hybridized carbons (Fsp3) is 0.571. The summed E-state index contributed by atoms with van der Waals surface area (Å²) >= 11 is 0. The van der Waals surface area contributed by atoms with Gasteiger partial charge in [0.15, 0.2) is 5.82 Å². The van der Waals surface area contributed by atoms with E-state index in [2.05, 4.69) is 32.5 Å². The van der Waals surface area contributed by atoms with Gasteiger partial charge in [0.25, 0.3) is 5.91 Å². The van der Waals surface area contributed by atoms with Gasteiger partial charge in [0.1, 0.15) is 11.4 Å². The first-order valence-corrected chi connectivity index (χ1v) is 13.7. The van der Waals surface area contributed by atoms with Crippen LogP contribution in [0.25, 0.3) is 0 Å². The van der Waals surface area contributed by atoms with Crippen LogP contribution in [0.3, 0.4) is 0 Å². The molecule has 204 valence electrons. The van der Waals surface area contributed by atoms with Gasteiger partial charge in [0.2, 0.25) is 11.9 Å². The zero-order valence-corrected chi connectivity index (χ0v) is 22.7. The molecule has 0 unspecified atom stereocenters. The lowest BCUT2D eigenvalue weighted by Gasteiger charge is -2.29. The van der Waals surface area contributed by atoms with Crippen LogP contribution in [0.5, 0.6) is 5.75 Å². The number of methoxy groups -OCH3 is 1. The van der Waals surface area contributed by atoms with E-state index in [1.54, 1.807) is 37.4 Å². The summed E-state index contributed by atoms with van der Waals surface area (Å²) in [7, 11) is 5.48. The Morgan fingerprint density at radius 1 is 1.11 bits per heavy atom. The van der Waals surface area contributed by atoms with Gasteiger partial charge in [0, 0.05) is 38.2 Å². The summed E-state index contributed by atoms with van der Waals surface area (Å²) in [6.07, 6.45) is 9.06. The Hall–Kier alpha value is -3.40. The molecule has 3 heterocycles. The summed E-state index contributed by atoms with van der Waals surface area (Å²) in [4.78, 5) is 41.1. The fourth-order valence-corrected chi connectivity index (χ4v) is 5.69. The quantitative estimate of drug-likeness (QED) is 0.572. The molecule has 1 aliphatic carbocycles. The highest BCUT2D eigenvalue weighted by molar-refractivity contribution is 5.97. The lowest BCUT2D eigenvalue weighted by atomic mass is 10.0. The number of aromatic nitrogens is 2. The van der Waals surface area contributed by atoms with E-state index in [1.807, 2.05) is 6.07 Å². The van der Waals surface area contributed by atoms with Gasteiger partial charge < -0.3 is 30.1 Å². The number of nitrogens with one attached hydrogen (secondary N) is 2. The average Bonchev–Trinajstić information content (AvgIpc) is 3.41. The number of carbonyl (C=O) groups excluding carboxylic acids is 2. The van der Waals surface area contributed by atoms with Crippen LogP contribution in [0.1, 0.15) is 55.3 Å². The predicted molar refractivity (Wildman–Crippen MR) is 148 cm³/mol. The number of anilines is 4. The third kappa shape index (κ3) is 5.85. The summed E-state index contributed by atoms with van der Waals surface area (Å²) in [5.74, 6) is 2.33. The van der Waals surface area contributed by atoms with Crippen molar-refractivity contribution < 1.29 is 14.3 Å². The van der Waals surface area contributed by atoms with Crippen LogP contribution in [0.15, 0.2) is 24.4 Å². The van der Waals surface area contributed by atoms with E-state index in [-0.39, 0.29) is 17.9 Å². The van der Waals surface area contributed by atoms with Gasteiger partial charge in [-0.05, 0) is 69.9 Å². The molecule has 0 spiro atoms. The predicted octanol–water partition coefficient (Wildman–Crippen LogP) is 3.42. The van der Waals surface area contributed by atoms with Crippen molar-refractivity contribution in [2.24, 2.45) is 5.92 Å². The molecule has 5 rings (SSSR count). The molecule has 2 amide bonds. The van der Waals surface area contributed by atoms with Gasteiger partial charge in [-0.3, -0.25) is 9.59 Å². The molecule has 2 fully saturated rings. The lowest BCUT2D eigenvalue weighted by Crippen LogP contribution is -2.43. The van der Waals surface area contributed by atoms with E-state index in [0.717, 1.165) is 44.0 Å². The smallest absolute Gasteiger partial charge is 0.251 e. The van der Waals surface area contributed by atoms with Crippen molar-refractivity contribution in [2.45, 2.75) is 51.0 Å². The number of carbonyl (C=O) groups is 2. The summed E-state index contributed by atoms with van der Waals surface area (Å²) < 4.78 is 5.62. The third-order valence-electron chi connectivity index (χ3n) is 8.10.